The van der Waals surface area contributed by atoms with Gasteiger partial charge in [0.15, 0.2) is 5.13 Å². The Morgan fingerprint density at radius 1 is 1.41 bits per heavy atom. The lowest BCUT2D eigenvalue weighted by Gasteiger charge is -2.11. The maximum atomic E-state index is 12.8. The Kier molecular flexibility index (Phi) is 5.99. The standard InChI is InChI=1S/C15H13BrF3N5OS2/c16-11-4-3-10(27-11)9-6-26-14(22-9)23-13(25)8(20)2-1-7-5-21-24-12(7)15(17,18)19/h3-6,8H,1-2,20H2,(H,21,24)(H,22,23,25). The van der Waals surface area contributed by atoms with E-state index in [4.69, 9.17) is 5.73 Å². The molecule has 0 saturated carbocycles. The third-order valence-electron chi connectivity index (χ3n) is 3.62. The first-order chi connectivity index (χ1) is 12.7. The molecule has 3 heterocycles. The fourth-order valence-electron chi connectivity index (χ4n) is 2.28. The van der Waals surface area contributed by atoms with Crippen LogP contribution in [0.2, 0.25) is 0 Å². The van der Waals surface area contributed by atoms with Gasteiger partial charge in [0.05, 0.1) is 26.6 Å². The minimum atomic E-state index is -4.52. The molecule has 0 aliphatic heterocycles. The number of aromatic nitrogens is 3. The number of nitrogens with one attached hydrogen (secondary N) is 2. The van der Waals surface area contributed by atoms with Gasteiger partial charge < -0.3 is 11.1 Å². The van der Waals surface area contributed by atoms with Crippen molar-refractivity contribution >= 4 is 49.6 Å². The third-order valence-corrected chi connectivity index (χ3v) is 6.03. The molecule has 144 valence electrons. The molecule has 3 rings (SSSR count). The van der Waals surface area contributed by atoms with Crippen LogP contribution in [-0.2, 0) is 17.4 Å². The van der Waals surface area contributed by atoms with Crippen molar-refractivity contribution in [1.82, 2.24) is 15.2 Å². The summed E-state index contributed by atoms with van der Waals surface area (Å²) in [6.07, 6.45) is -3.40. The van der Waals surface area contributed by atoms with Crippen molar-refractivity contribution in [2.24, 2.45) is 5.73 Å². The van der Waals surface area contributed by atoms with Gasteiger partial charge in [-0.25, -0.2) is 4.98 Å². The summed E-state index contributed by atoms with van der Waals surface area (Å²) in [6.45, 7) is 0. The number of H-pyrrole nitrogens is 1. The number of hydrogen-bond donors (Lipinski definition) is 3. The fraction of sp³-hybridized carbons (Fsp3) is 0.267. The molecular weight excluding hydrogens is 467 g/mol. The van der Waals surface area contributed by atoms with Crippen LogP contribution in [0.4, 0.5) is 18.3 Å². The summed E-state index contributed by atoms with van der Waals surface area (Å²) < 4.78 is 39.4. The lowest BCUT2D eigenvalue weighted by Crippen LogP contribution is -2.36. The number of amides is 1. The number of hydrogen-bond acceptors (Lipinski definition) is 6. The maximum absolute atomic E-state index is 12.8. The van der Waals surface area contributed by atoms with Crippen LogP contribution >= 0.6 is 38.6 Å². The van der Waals surface area contributed by atoms with Gasteiger partial charge in [-0.15, -0.1) is 22.7 Å². The Balaban J connectivity index is 1.57. The fourth-order valence-corrected chi connectivity index (χ4v) is 4.42. The van der Waals surface area contributed by atoms with E-state index >= 15 is 0 Å². The van der Waals surface area contributed by atoms with Crippen LogP contribution in [0.15, 0.2) is 27.5 Å². The summed E-state index contributed by atoms with van der Waals surface area (Å²) >= 11 is 6.14. The minimum absolute atomic E-state index is 0.0216. The molecule has 12 heteroatoms. The number of thiophene rings is 1. The van der Waals surface area contributed by atoms with Gasteiger partial charge in [-0.3, -0.25) is 9.89 Å². The van der Waals surface area contributed by atoms with Crippen molar-refractivity contribution in [2.45, 2.75) is 25.1 Å². The van der Waals surface area contributed by atoms with Crippen LogP contribution in [0.3, 0.4) is 0 Å². The van der Waals surface area contributed by atoms with Gasteiger partial charge in [-0.1, -0.05) is 0 Å². The van der Waals surface area contributed by atoms with Crippen LogP contribution in [-0.4, -0.2) is 27.1 Å². The van der Waals surface area contributed by atoms with Crippen LogP contribution < -0.4 is 11.1 Å². The molecule has 1 atom stereocenters. The molecule has 27 heavy (non-hydrogen) atoms. The zero-order valence-corrected chi connectivity index (χ0v) is 16.7. The van der Waals surface area contributed by atoms with Crippen molar-refractivity contribution in [3.8, 4) is 10.6 Å². The zero-order chi connectivity index (χ0) is 19.6. The summed E-state index contributed by atoms with van der Waals surface area (Å²) in [5, 5.41) is 10.1. The predicted octanol–water partition coefficient (Wildman–Crippen LogP) is 4.27. The second-order valence-electron chi connectivity index (χ2n) is 5.54. The predicted molar refractivity (Wildman–Crippen MR) is 102 cm³/mol. The molecular formula is C15H13BrF3N5OS2. The average Bonchev–Trinajstić information content (AvgIpc) is 3.31. The largest absolute Gasteiger partial charge is 0.433 e. The second-order valence-corrected chi connectivity index (χ2v) is 8.87. The quantitative estimate of drug-likeness (QED) is 0.491. The van der Waals surface area contributed by atoms with E-state index in [1.54, 1.807) is 5.38 Å². The van der Waals surface area contributed by atoms with Gasteiger partial charge in [0.25, 0.3) is 0 Å². The van der Waals surface area contributed by atoms with Crippen LogP contribution in [0.5, 0.6) is 0 Å². The van der Waals surface area contributed by atoms with Crippen LogP contribution in [0.25, 0.3) is 10.6 Å². The van der Waals surface area contributed by atoms with Crippen molar-refractivity contribution in [3.63, 3.8) is 0 Å². The van der Waals surface area contributed by atoms with Crippen molar-refractivity contribution in [3.05, 3.63) is 38.8 Å². The van der Waals surface area contributed by atoms with E-state index < -0.39 is 23.8 Å². The van der Waals surface area contributed by atoms with Gasteiger partial charge >= 0.3 is 6.18 Å². The lowest BCUT2D eigenvalue weighted by molar-refractivity contribution is -0.141. The number of rotatable bonds is 6. The van der Waals surface area contributed by atoms with E-state index in [-0.39, 0.29) is 18.4 Å². The van der Waals surface area contributed by atoms with E-state index in [0.717, 1.165) is 20.6 Å². The Labute approximate surface area is 168 Å². The van der Waals surface area contributed by atoms with E-state index in [2.05, 4.69) is 31.3 Å². The summed E-state index contributed by atoms with van der Waals surface area (Å²) in [4.78, 5) is 17.5. The smallest absolute Gasteiger partial charge is 0.320 e. The first-order valence-corrected chi connectivity index (χ1v) is 10.1. The average molecular weight is 480 g/mol. The Morgan fingerprint density at radius 3 is 2.85 bits per heavy atom. The summed E-state index contributed by atoms with van der Waals surface area (Å²) in [5.74, 6) is -0.500. The monoisotopic (exact) mass is 479 g/mol. The molecule has 3 aromatic rings. The number of carbonyl (C=O) groups is 1. The van der Waals surface area contributed by atoms with Gasteiger partial charge in [-0.2, -0.15) is 18.3 Å². The molecule has 0 fully saturated rings. The highest BCUT2D eigenvalue weighted by molar-refractivity contribution is 9.11. The number of alkyl halides is 3. The van der Waals surface area contributed by atoms with Crippen LogP contribution in [0.1, 0.15) is 17.7 Å². The SMILES string of the molecule is NC(CCc1cn[nH]c1C(F)(F)F)C(=O)Nc1nc(-c2ccc(Br)s2)cs1. The van der Waals surface area contributed by atoms with Crippen LogP contribution in [0, 0.1) is 0 Å². The molecule has 4 N–H and O–H groups in total. The molecule has 0 bridgehead atoms. The Hall–Kier alpha value is -1.76. The number of nitrogens with zero attached hydrogens (tertiary/aromatic N) is 2. The van der Waals surface area contributed by atoms with Gasteiger partial charge in [-0.05, 0) is 40.9 Å². The maximum Gasteiger partial charge on any atom is 0.433 e. The van der Waals surface area contributed by atoms with Gasteiger partial charge in [0, 0.05) is 10.9 Å². The van der Waals surface area contributed by atoms with E-state index in [9.17, 15) is 18.0 Å². The molecule has 6 nitrogen and oxygen atoms in total. The highest BCUT2D eigenvalue weighted by Gasteiger charge is 2.35. The molecule has 0 radical (unpaired) electrons. The molecule has 0 aliphatic rings. The normalized spacial score (nSPS) is 12.9. The highest BCUT2D eigenvalue weighted by Crippen LogP contribution is 2.33. The zero-order valence-electron chi connectivity index (χ0n) is 13.5. The van der Waals surface area contributed by atoms with Gasteiger partial charge in [0.1, 0.15) is 5.69 Å². The Morgan fingerprint density at radius 2 is 2.19 bits per heavy atom. The number of aromatic amines is 1. The van der Waals surface area contributed by atoms with Crippen molar-refractivity contribution in [1.29, 1.82) is 0 Å². The van der Waals surface area contributed by atoms with E-state index in [1.807, 2.05) is 17.2 Å². The summed E-state index contributed by atoms with van der Waals surface area (Å²) in [5.41, 5.74) is 5.60. The van der Waals surface area contributed by atoms with Crippen molar-refractivity contribution in [2.75, 3.05) is 5.32 Å². The molecule has 1 amide bonds. The lowest BCUT2D eigenvalue weighted by atomic mass is 10.1. The number of carbonyl (C=O) groups excluding carboxylic acids is 1. The molecule has 1 unspecified atom stereocenters. The topological polar surface area (TPSA) is 96.7 Å². The summed E-state index contributed by atoms with van der Waals surface area (Å²) in [7, 11) is 0. The number of nitrogens with two attached hydrogens (primary N) is 1. The van der Waals surface area contributed by atoms with E-state index in [1.165, 1.54) is 22.7 Å². The molecule has 3 aromatic heterocycles. The molecule has 0 aliphatic carbocycles. The highest BCUT2D eigenvalue weighted by atomic mass is 79.9. The number of halogens is 4. The number of anilines is 1. The molecule has 0 spiro atoms. The molecule has 0 aromatic carbocycles. The first kappa shape index (κ1) is 20.0. The number of aryl methyl sites for hydroxylation is 1. The first-order valence-electron chi connectivity index (χ1n) is 7.61. The summed E-state index contributed by atoms with van der Waals surface area (Å²) in [6, 6.07) is 2.84. The minimum Gasteiger partial charge on any atom is -0.320 e. The molecule has 0 saturated heterocycles. The van der Waals surface area contributed by atoms with Crippen molar-refractivity contribution < 1.29 is 18.0 Å². The Bertz CT molecular complexity index is 936. The van der Waals surface area contributed by atoms with Gasteiger partial charge in [0.2, 0.25) is 5.91 Å². The number of thiazole rings is 1. The van der Waals surface area contributed by atoms with E-state index in [0.29, 0.717) is 5.13 Å². The second kappa shape index (κ2) is 8.09. The third kappa shape index (κ3) is 4.94.